The lowest BCUT2D eigenvalue weighted by Gasteiger charge is -2.36. The maximum Gasteiger partial charge on any atom is 0.122 e. The molecule has 116 valence electrons. The van der Waals surface area contributed by atoms with Crippen molar-refractivity contribution in [2.45, 2.75) is 71.9 Å². The molecular weight excluding hydrogens is 246 g/mol. The van der Waals surface area contributed by atoms with Crippen molar-refractivity contribution in [1.29, 1.82) is 5.26 Å². The second-order valence-electron chi connectivity index (χ2n) is 6.67. The van der Waals surface area contributed by atoms with Crippen LogP contribution in [0, 0.1) is 23.2 Å². The average molecular weight is 279 g/mol. The number of nitriles is 1. The van der Waals surface area contributed by atoms with Crippen molar-refractivity contribution in [1.82, 2.24) is 10.2 Å². The summed E-state index contributed by atoms with van der Waals surface area (Å²) in [5.74, 6) is 1.30. The number of hydrogen-bond donors (Lipinski definition) is 1. The van der Waals surface area contributed by atoms with E-state index in [0.717, 1.165) is 25.6 Å². The molecule has 3 heteroatoms. The minimum Gasteiger partial charge on any atom is -0.300 e. The van der Waals surface area contributed by atoms with Crippen LogP contribution in [0.1, 0.15) is 60.3 Å². The monoisotopic (exact) mass is 279 g/mol. The van der Waals surface area contributed by atoms with E-state index >= 15 is 0 Å². The predicted octanol–water partition coefficient (Wildman–Crippen LogP) is 3.41. The molecule has 3 nitrogen and oxygen atoms in total. The summed E-state index contributed by atoms with van der Waals surface area (Å²) in [5.41, 5.74) is -0.337. The van der Waals surface area contributed by atoms with E-state index < -0.39 is 0 Å². The van der Waals surface area contributed by atoms with Gasteiger partial charge in [-0.05, 0) is 45.1 Å². The van der Waals surface area contributed by atoms with Gasteiger partial charge in [0.05, 0.1) is 6.07 Å². The van der Waals surface area contributed by atoms with Gasteiger partial charge in [-0.2, -0.15) is 5.26 Å². The molecule has 0 amide bonds. The fourth-order valence-electron chi connectivity index (χ4n) is 3.11. The Labute approximate surface area is 125 Å². The fraction of sp³-hybridized carbons (Fsp3) is 0.941. The normalized spacial score (nSPS) is 18.6. The van der Waals surface area contributed by atoms with Gasteiger partial charge in [0.15, 0.2) is 0 Å². The highest BCUT2D eigenvalue weighted by molar-refractivity contribution is 5.17. The third kappa shape index (κ3) is 4.75. The molecule has 0 aromatic carbocycles. The Kier molecular flexibility index (Phi) is 6.99. The van der Waals surface area contributed by atoms with Crippen LogP contribution >= 0.6 is 0 Å². The van der Waals surface area contributed by atoms with Crippen LogP contribution < -0.4 is 5.32 Å². The zero-order valence-corrected chi connectivity index (χ0v) is 14.1. The van der Waals surface area contributed by atoms with Crippen LogP contribution in [0.5, 0.6) is 0 Å². The smallest absolute Gasteiger partial charge is 0.122 e. The SMILES string of the molecule is CCC(CC)CN(CC)CC(C#N)(NC(C)C)C1CC1. The van der Waals surface area contributed by atoms with Crippen LogP contribution in [0.3, 0.4) is 0 Å². The van der Waals surface area contributed by atoms with Gasteiger partial charge in [-0.1, -0.05) is 33.6 Å². The van der Waals surface area contributed by atoms with E-state index in [1.54, 1.807) is 0 Å². The van der Waals surface area contributed by atoms with Crippen LogP contribution in [0.15, 0.2) is 0 Å². The molecule has 1 saturated carbocycles. The predicted molar refractivity (Wildman–Crippen MR) is 85.5 cm³/mol. The average Bonchev–Trinajstić information content (AvgIpc) is 3.26. The van der Waals surface area contributed by atoms with E-state index in [0.29, 0.717) is 12.0 Å². The highest BCUT2D eigenvalue weighted by Gasteiger charge is 2.46. The molecule has 1 aliphatic rings. The molecule has 0 aromatic heterocycles. The molecule has 1 N–H and O–H groups in total. The lowest BCUT2D eigenvalue weighted by Crippen LogP contribution is -2.57. The first kappa shape index (κ1) is 17.5. The van der Waals surface area contributed by atoms with Gasteiger partial charge >= 0.3 is 0 Å². The highest BCUT2D eigenvalue weighted by Crippen LogP contribution is 2.40. The van der Waals surface area contributed by atoms with Crippen molar-refractivity contribution in [2.24, 2.45) is 11.8 Å². The largest absolute Gasteiger partial charge is 0.300 e. The zero-order valence-electron chi connectivity index (χ0n) is 14.1. The quantitative estimate of drug-likeness (QED) is 0.666. The topological polar surface area (TPSA) is 39.1 Å². The van der Waals surface area contributed by atoms with Crippen molar-refractivity contribution in [2.75, 3.05) is 19.6 Å². The Bertz CT molecular complexity index is 313. The molecule has 1 unspecified atom stereocenters. The van der Waals surface area contributed by atoms with Crippen LogP contribution in [-0.4, -0.2) is 36.1 Å². The minimum atomic E-state index is -0.337. The van der Waals surface area contributed by atoms with Crippen molar-refractivity contribution in [3.8, 4) is 6.07 Å². The Balaban J connectivity index is 2.73. The van der Waals surface area contributed by atoms with Gasteiger partial charge in [0.1, 0.15) is 5.54 Å². The highest BCUT2D eigenvalue weighted by atomic mass is 15.2. The number of likely N-dealkylation sites (N-methyl/N-ethyl adjacent to an activating group) is 1. The first-order valence-electron chi connectivity index (χ1n) is 8.42. The standard InChI is InChI=1S/C17H33N3/c1-6-15(7-2)11-20(8-3)13-17(12-18,16-9-10-16)19-14(4)5/h14-16,19H,6-11,13H2,1-5H3. The molecule has 0 radical (unpaired) electrons. The van der Waals surface area contributed by atoms with Crippen molar-refractivity contribution in [3.05, 3.63) is 0 Å². The van der Waals surface area contributed by atoms with Crippen LogP contribution in [0.4, 0.5) is 0 Å². The molecule has 0 saturated heterocycles. The zero-order chi connectivity index (χ0) is 15.2. The summed E-state index contributed by atoms with van der Waals surface area (Å²) in [7, 11) is 0. The van der Waals surface area contributed by atoms with E-state index in [-0.39, 0.29) is 5.54 Å². The van der Waals surface area contributed by atoms with Gasteiger partial charge in [0.2, 0.25) is 0 Å². The molecule has 1 atom stereocenters. The summed E-state index contributed by atoms with van der Waals surface area (Å²) < 4.78 is 0. The summed E-state index contributed by atoms with van der Waals surface area (Å²) in [4.78, 5) is 2.48. The molecule has 1 aliphatic carbocycles. The molecule has 0 bridgehead atoms. The second kappa shape index (κ2) is 8.00. The Morgan fingerprint density at radius 1 is 1.25 bits per heavy atom. The van der Waals surface area contributed by atoms with Gasteiger partial charge in [-0.3, -0.25) is 5.32 Å². The van der Waals surface area contributed by atoms with Gasteiger partial charge in [0.25, 0.3) is 0 Å². The molecule has 20 heavy (non-hydrogen) atoms. The number of nitrogens with zero attached hydrogens (tertiary/aromatic N) is 2. The van der Waals surface area contributed by atoms with Gasteiger partial charge in [-0.15, -0.1) is 0 Å². The second-order valence-corrected chi connectivity index (χ2v) is 6.67. The maximum absolute atomic E-state index is 9.79. The van der Waals surface area contributed by atoms with Crippen LogP contribution in [-0.2, 0) is 0 Å². The summed E-state index contributed by atoms with van der Waals surface area (Å²) in [5, 5.41) is 13.4. The lowest BCUT2D eigenvalue weighted by atomic mass is 9.92. The van der Waals surface area contributed by atoms with Gasteiger partial charge in [0, 0.05) is 19.1 Å². The summed E-state index contributed by atoms with van der Waals surface area (Å²) in [6.45, 7) is 14.1. The third-order valence-corrected chi connectivity index (χ3v) is 4.61. The molecule has 0 heterocycles. The molecular formula is C17H33N3. The summed E-state index contributed by atoms with van der Waals surface area (Å²) >= 11 is 0. The molecule has 1 fully saturated rings. The minimum absolute atomic E-state index is 0.337. The molecule has 0 aliphatic heterocycles. The van der Waals surface area contributed by atoms with E-state index in [4.69, 9.17) is 0 Å². The van der Waals surface area contributed by atoms with Crippen LogP contribution in [0.25, 0.3) is 0 Å². The summed E-state index contributed by atoms with van der Waals surface area (Å²) in [6, 6.07) is 2.99. The first-order valence-corrected chi connectivity index (χ1v) is 8.42. The molecule has 0 aromatic rings. The van der Waals surface area contributed by atoms with Crippen molar-refractivity contribution in [3.63, 3.8) is 0 Å². The van der Waals surface area contributed by atoms with E-state index in [9.17, 15) is 5.26 Å². The van der Waals surface area contributed by atoms with Gasteiger partial charge < -0.3 is 4.90 Å². The Morgan fingerprint density at radius 2 is 1.85 bits per heavy atom. The lowest BCUT2D eigenvalue weighted by molar-refractivity contribution is 0.169. The fourth-order valence-corrected chi connectivity index (χ4v) is 3.11. The number of rotatable bonds is 10. The van der Waals surface area contributed by atoms with Crippen molar-refractivity contribution < 1.29 is 0 Å². The molecule has 0 spiro atoms. The van der Waals surface area contributed by atoms with E-state index in [2.05, 4.69) is 50.9 Å². The number of nitrogens with one attached hydrogen (secondary N) is 1. The van der Waals surface area contributed by atoms with E-state index in [1.807, 2.05) is 0 Å². The first-order chi connectivity index (χ1) is 9.51. The molecule has 1 rings (SSSR count). The third-order valence-electron chi connectivity index (χ3n) is 4.61. The van der Waals surface area contributed by atoms with Crippen LogP contribution in [0.2, 0.25) is 0 Å². The summed E-state index contributed by atoms with van der Waals surface area (Å²) in [6.07, 6.45) is 4.87. The van der Waals surface area contributed by atoms with Crippen molar-refractivity contribution >= 4 is 0 Å². The van der Waals surface area contributed by atoms with Gasteiger partial charge in [-0.25, -0.2) is 0 Å². The Hall–Kier alpha value is -0.590. The Morgan fingerprint density at radius 3 is 2.20 bits per heavy atom. The number of hydrogen-bond acceptors (Lipinski definition) is 3. The maximum atomic E-state index is 9.79. The van der Waals surface area contributed by atoms with E-state index in [1.165, 1.54) is 25.7 Å².